The fraction of sp³-hybridized carbons (Fsp3) is 0.200. The number of non-ortho nitro benzene ring substituents is 1. The Kier molecular flexibility index (Phi) is 4.01. The third-order valence-corrected chi connectivity index (χ3v) is 2.15. The van der Waals surface area contributed by atoms with Crippen LogP contribution in [0.5, 0.6) is 0 Å². The molecule has 0 unspecified atom stereocenters. The van der Waals surface area contributed by atoms with Gasteiger partial charge in [-0.15, -0.1) is 11.6 Å². The molecule has 0 aliphatic carbocycles. The lowest BCUT2D eigenvalue weighted by molar-refractivity contribution is -0.384. The van der Waals surface area contributed by atoms with Crippen LogP contribution in [0.4, 0.5) is 11.4 Å². The molecule has 1 amide bonds. The molecule has 0 spiro atoms. The van der Waals surface area contributed by atoms with E-state index >= 15 is 0 Å². The highest BCUT2D eigenvalue weighted by Crippen LogP contribution is 2.21. The summed E-state index contributed by atoms with van der Waals surface area (Å²) in [5.41, 5.74) is 0.0129. The van der Waals surface area contributed by atoms with E-state index in [4.69, 9.17) is 16.9 Å². The van der Waals surface area contributed by atoms with Gasteiger partial charge in [-0.05, 0) is 13.0 Å². The Hall–Kier alpha value is -2.13. The van der Waals surface area contributed by atoms with Crippen LogP contribution in [0.3, 0.4) is 0 Å². The zero-order chi connectivity index (χ0) is 13.0. The van der Waals surface area contributed by atoms with E-state index in [-0.39, 0.29) is 16.9 Å². The molecule has 0 radical (unpaired) electrons. The molecule has 7 heteroatoms. The van der Waals surface area contributed by atoms with Gasteiger partial charge in [0.25, 0.3) is 5.69 Å². The molecule has 1 aromatic carbocycles. The number of nitro groups is 1. The number of carbonyl (C=O) groups excluding carboxylic acids is 1. The van der Waals surface area contributed by atoms with E-state index in [0.29, 0.717) is 0 Å². The maximum Gasteiger partial charge on any atom is 0.270 e. The van der Waals surface area contributed by atoms with Crippen molar-refractivity contribution in [3.05, 3.63) is 33.9 Å². The number of hydrogen-bond donors (Lipinski definition) is 1. The summed E-state index contributed by atoms with van der Waals surface area (Å²) in [6, 6.07) is 5.37. The summed E-state index contributed by atoms with van der Waals surface area (Å²) >= 11 is 5.55. The van der Waals surface area contributed by atoms with Crippen LogP contribution >= 0.6 is 11.6 Å². The number of nitro benzene ring substituents is 1. The first-order valence-corrected chi connectivity index (χ1v) is 5.03. The number of rotatable bonds is 3. The second-order valence-electron chi connectivity index (χ2n) is 3.20. The lowest BCUT2D eigenvalue weighted by Crippen LogP contribution is -2.20. The molecule has 0 aromatic heterocycles. The SMILES string of the molecule is C[C@@H](Cl)C(=O)Nc1ccc([N+](=O)[O-])cc1C#N. The summed E-state index contributed by atoms with van der Waals surface area (Å²) in [6.45, 7) is 1.48. The maximum absolute atomic E-state index is 11.3. The molecule has 1 atom stereocenters. The van der Waals surface area contributed by atoms with Gasteiger partial charge in [0.15, 0.2) is 0 Å². The van der Waals surface area contributed by atoms with Gasteiger partial charge in [0.1, 0.15) is 11.4 Å². The van der Waals surface area contributed by atoms with Crippen molar-refractivity contribution in [1.82, 2.24) is 0 Å². The van der Waals surface area contributed by atoms with Crippen LogP contribution in [0.1, 0.15) is 12.5 Å². The predicted molar refractivity (Wildman–Crippen MR) is 61.8 cm³/mol. The van der Waals surface area contributed by atoms with Crippen molar-refractivity contribution in [2.45, 2.75) is 12.3 Å². The standard InChI is InChI=1S/C10H8ClN3O3/c1-6(11)10(15)13-9-3-2-8(14(16)17)4-7(9)5-12/h2-4,6H,1H3,(H,13,15)/t6-/m1/s1. The number of carbonyl (C=O) groups is 1. The van der Waals surface area contributed by atoms with Gasteiger partial charge >= 0.3 is 0 Å². The molecule has 1 N–H and O–H groups in total. The Morgan fingerprint density at radius 2 is 2.29 bits per heavy atom. The summed E-state index contributed by atoms with van der Waals surface area (Å²) in [6.07, 6.45) is 0. The Balaban J connectivity index is 3.06. The molecule has 1 aromatic rings. The van der Waals surface area contributed by atoms with Gasteiger partial charge in [-0.1, -0.05) is 0 Å². The zero-order valence-corrected chi connectivity index (χ0v) is 9.56. The fourth-order valence-electron chi connectivity index (χ4n) is 1.08. The number of nitrogens with one attached hydrogen (secondary N) is 1. The van der Waals surface area contributed by atoms with E-state index in [0.717, 1.165) is 6.07 Å². The summed E-state index contributed by atoms with van der Waals surface area (Å²) in [5.74, 6) is -0.475. The van der Waals surface area contributed by atoms with Crippen LogP contribution in [0, 0.1) is 21.4 Å². The number of anilines is 1. The fourth-order valence-corrected chi connectivity index (χ4v) is 1.13. The van der Waals surface area contributed by atoms with Crippen molar-refractivity contribution in [1.29, 1.82) is 5.26 Å². The van der Waals surface area contributed by atoms with Gasteiger partial charge in [0, 0.05) is 12.1 Å². The quantitative estimate of drug-likeness (QED) is 0.506. The zero-order valence-electron chi connectivity index (χ0n) is 8.81. The van der Waals surface area contributed by atoms with Crippen molar-refractivity contribution in [3.63, 3.8) is 0 Å². The van der Waals surface area contributed by atoms with Crippen LogP contribution in [0.2, 0.25) is 0 Å². The first-order chi connectivity index (χ1) is 7.95. The van der Waals surface area contributed by atoms with Gasteiger partial charge in [-0.25, -0.2) is 0 Å². The van der Waals surface area contributed by atoms with Crippen LogP contribution in [0.25, 0.3) is 0 Å². The number of amides is 1. The summed E-state index contributed by atoms with van der Waals surface area (Å²) in [4.78, 5) is 21.2. The predicted octanol–water partition coefficient (Wildman–Crippen LogP) is 2.03. The first-order valence-electron chi connectivity index (χ1n) is 4.59. The van der Waals surface area contributed by atoms with Crippen molar-refractivity contribution < 1.29 is 9.72 Å². The number of nitriles is 1. The van der Waals surface area contributed by atoms with Gasteiger partial charge in [-0.2, -0.15) is 5.26 Å². The molecule has 6 nitrogen and oxygen atoms in total. The summed E-state index contributed by atoms with van der Waals surface area (Å²) < 4.78 is 0. The number of alkyl halides is 1. The lowest BCUT2D eigenvalue weighted by atomic mass is 10.1. The molecule has 0 saturated carbocycles. The lowest BCUT2D eigenvalue weighted by Gasteiger charge is -2.07. The highest BCUT2D eigenvalue weighted by molar-refractivity contribution is 6.32. The second kappa shape index (κ2) is 5.27. The smallest absolute Gasteiger partial charge is 0.270 e. The minimum atomic E-state index is -0.753. The molecule has 1 rings (SSSR count). The summed E-state index contributed by atoms with van der Waals surface area (Å²) in [7, 11) is 0. The van der Waals surface area contributed by atoms with Crippen molar-refractivity contribution in [2.75, 3.05) is 5.32 Å². The minimum Gasteiger partial charge on any atom is -0.324 e. The molecule has 0 heterocycles. The maximum atomic E-state index is 11.3. The van der Waals surface area contributed by atoms with E-state index in [9.17, 15) is 14.9 Å². The van der Waals surface area contributed by atoms with Crippen molar-refractivity contribution >= 4 is 28.9 Å². The number of nitrogens with zero attached hydrogens (tertiary/aromatic N) is 2. The Labute approximate surface area is 102 Å². The molecule has 17 heavy (non-hydrogen) atoms. The van der Waals surface area contributed by atoms with Gasteiger partial charge in [0.2, 0.25) is 5.91 Å². The van der Waals surface area contributed by atoms with Crippen LogP contribution < -0.4 is 5.32 Å². The normalized spacial score (nSPS) is 11.4. The Morgan fingerprint density at radius 1 is 1.65 bits per heavy atom. The molecular formula is C10H8ClN3O3. The minimum absolute atomic E-state index is 0.0184. The number of halogens is 1. The third-order valence-electron chi connectivity index (χ3n) is 1.95. The third kappa shape index (κ3) is 3.16. The highest BCUT2D eigenvalue weighted by Gasteiger charge is 2.14. The molecule has 0 saturated heterocycles. The van der Waals surface area contributed by atoms with Crippen molar-refractivity contribution in [3.8, 4) is 6.07 Å². The van der Waals surface area contributed by atoms with Crippen LogP contribution in [-0.4, -0.2) is 16.2 Å². The average molecular weight is 254 g/mol. The van der Waals surface area contributed by atoms with Gasteiger partial charge in [0.05, 0.1) is 16.2 Å². The first kappa shape index (κ1) is 12.9. The largest absolute Gasteiger partial charge is 0.324 e. The van der Waals surface area contributed by atoms with E-state index < -0.39 is 16.2 Å². The number of benzene rings is 1. The van der Waals surface area contributed by atoms with E-state index in [1.54, 1.807) is 6.07 Å². The Bertz CT molecular complexity index is 508. The monoisotopic (exact) mass is 253 g/mol. The highest BCUT2D eigenvalue weighted by atomic mass is 35.5. The van der Waals surface area contributed by atoms with E-state index in [1.165, 1.54) is 19.1 Å². The average Bonchev–Trinajstić information content (AvgIpc) is 2.28. The molecule has 0 aliphatic heterocycles. The molecular weight excluding hydrogens is 246 g/mol. The van der Waals surface area contributed by atoms with E-state index in [1.807, 2.05) is 0 Å². The molecule has 0 bridgehead atoms. The number of hydrogen-bond acceptors (Lipinski definition) is 4. The molecule has 0 fully saturated rings. The molecule has 0 aliphatic rings. The molecule has 88 valence electrons. The van der Waals surface area contributed by atoms with E-state index in [2.05, 4.69) is 5.32 Å². The van der Waals surface area contributed by atoms with Crippen LogP contribution in [0.15, 0.2) is 18.2 Å². The second-order valence-corrected chi connectivity index (χ2v) is 3.86. The Morgan fingerprint density at radius 3 is 2.76 bits per heavy atom. The topological polar surface area (TPSA) is 96.0 Å². The summed E-state index contributed by atoms with van der Waals surface area (Å²) in [5, 5.41) is 21.0. The van der Waals surface area contributed by atoms with Crippen molar-refractivity contribution in [2.24, 2.45) is 0 Å². The van der Waals surface area contributed by atoms with Gasteiger partial charge in [-0.3, -0.25) is 14.9 Å². The van der Waals surface area contributed by atoms with Gasteiger partial charge < -0.3 is 5.32 Å². The van der Waals surface area contributed by atoms with Crippen LogP contribution in [-0.2, 0) is 4.79 Å².